The highest BCUT2D eigenvalue weighted by molar-refractivity contribution is 8.16. The first-order valence-corrected chi connectivity index (χ1v) is 9.27. The van der Waals surface area contributed by atoms with E-state index in [1.165, 1.54) is 0 Å². The summed E-state index contributed by atoms with van der Waals surface area (Å²) < 4.78 is 11.2. The van der Waals surface area contributed by atoms with Crippen LogP contribution in [-0.4, -0.2) is 29.3 Å². The van der Waals surface area contributed by atoms with E-state index in [-0.39, 0.29) is 12.0 Å². The normalized spacial score (nSPS) is 19.4. The topological polar surface area (TPSA) is 51.1 Å². The second-order valence-corrected chi connectivity index (χ2v) is 6.57. The lowest BCUT2D eigenvalue weighted by Crippen LogP contribution is -2.36. The van der Waals surface area contributed by atoms with E-state index in [0.29, 0.717) is 24.5 Å². The molecule has 0 radical (unpaired) electrons. The third-order valence-corrected chi connectivity index (χ3v) is 5.07. The molecule has 0 aromatic heterocycles. The first kappa shape index (κ1) is 17.6. The van der Waals surface area contributed by atoms with Crippen LogP contribution in [0, 0.1) is 0 Å². The van der Waals surface area contributed by atoms with E-state index < -0.39 is 0 Å². The van der Waals surface area contributed by atoms with E-state index in [9.17, 15) is 4.79 Å². The van der Waals surface area contributed by atoms with Crippen LogP contribution in [0.1, 0.15) is 39.3 Å². The van der Waals surface area contributed by atoms with Crippen molar-refractivity contribution in [2.24, 2.45) is 4.99 Å². The van der Waals surface area contributed by atoms with Gasteiger partial charge in [0.25, 0.3) is 0 Å². The molecule has 0 saturated heterocycles. The molecule has 6 heteroatoms. The summed E-state index contributed by atoms with van der Waals surface area (Å²) >= 11 is 1.57. The minimum Gasteiger partial charge on any atom is -0.494 e. The highest BCUT2D eigenvalue weighted by atomic mass is 32.2. The van der Waals surface area contributed by atoms with Gasteiger partial charge in [0.05, 0.1) is 30.5 Å². The Morgan fingerprint density at radius 2 is 2.00 bits per heavy atom. The average molecular weight is 358 g/mol. The molecular formula is C19H22N2O3S. The molecule has 0 fully saturated rings. The van der Waals surface area contributed by atoms with Gasteiger partial charge in [-0.2, -0.15) is 0 Å². The summed E-state index contributed by atoms with van der Waals surface area (Å²) in [5, 5.41) is 2.93. The van der Waals surface area contributed by atoms with Crippen LogP contribution in [0.15, 0.2) is 51.6 Å². The molecule has 2 aliphatic rings. The van der Waals surface area contributed by atoms with E-state index in [0.717, 1.165) is 22.2 Å². The maximum absolute atomic E-state index is 12.7. The molecule has 0 saturated carbocycles. The van der Waals surface area contributed by atoms with Crippen LogP contribution in [0.25, 0.3) is 0 Å². The number of carbonyl (C=O) groups excluding carboxylic acids is 1. The fraction of sp³-hybridized carbons (Fsp3) is 0.368. The molecule has 1 aromatic carbocycles. The predicted molar refractivity (Wildman–Crippen MR) is 100 cm³/mol. The van der Waals surface area contributed by atoms with Crippen molar-refractivity contribution in [2.45, 2.75) is 33.7 Å². The van der Waals surface area contributed by atoms with E-state index in [1.807, 2.05) is 52.0 Å². The van der Waals surface area contributed by atoms with E-state index >= 15 is 0 Å². The standard InChI is InChI=1S/C19H22N2O3S/c1-5-23-15-10-8-7-9-14(15)17-16(18(22)24-6-2)13(4)20-19-21(17)12(3)11-25-19/h7-11,17H,5-6H2,1-4H3/t17-/m1/s1. The van der Waals surface area contributed by atoms with Crippen molar-refractivity contribution in [3.63, 3.8) is 0 Å². The number of benzene rings is 1. The monoisotopic (exact) mass is 358 g/mol. The fourth-order valence-electron chi connectivity index (χ4n) is 3.08. The number of rotatable bonds is 5. The van der Waals surface area contributed by atoms with Gasteiger partial charge >= 0.3 is 5.97 Å². The lowest BCUT2D eigenvalue weighted by atomic mass is 9.93. The van der Waals surface area contributed by atoms with Gasteiger partial charge in [-0.05, 0) is 39.2 Å². The van der Waals surface area contributed by atoms with Gasteiger partial charge in [-0.15, -0.1) is 0 Å². The van der Waals surface area contributed by atoms with Crippen molar-refractivity contribution in [3.05, 3.63) is 52.2 Å². The van der Waals surface area contributed by atoms with E-state index in [4.69, 9.17) is 9.47 Å². The molecule has 0 unspecified atom stereocenters. The Hall–Kier alpha value is -2.21. The number of amidine groups is 1. The van der Waals surface area contributed by atoms with Crippen molar-refractivity contribution in [2.75, 3.05) is 13.2 Å². The van der Waals surface area contributed by atoms with Gasteiger partial charge in [0, 0.05) is 11.3 Å². The first-order chi connectivity index (χ1) is 12.1. The Kier molecular flexibility index (Phi) is 5.18. The third-order valence-electron chi connectivity index (χ3n) is 4.11. The third kappa shape index (κ3) is 3.18. The van der Waals surface area contributed by atoms with Crippen molar-refractivity contribution < 1.29 is 14.3 Å². The van der Waals surface area contributed by atoms with Crippen LogP contribution in [0.5, 0.6) is 5.75 Å². The molecule has 132 valence electrons. The van der Waals surface area contributed by atoms with Crippen LogP contribution in [-0.2, 0) is 9.53 Å². The van der Waals surface area contributed by atoms with Crippen LogP contribution >= 0.6 is 11.8 Å². The molecule has 0 N–H and O–H groups in total. The van der Waals surface area contributed by atoms with E-state index in [2.05, 4.69) is 15.3 Å². The van der Waals surface area contributed by atoms with Gasteiger partial charge in [0.15, 0.2) is 5.17 Å². The van der Waals surface area contributed by atoms with E-state index in [1.54, 1.807) is 11.8 Å². The quantitative estimate of drug-likeness (QED) is 0.737. The second-order valence-electron chi connectivity index (χ2n) is 5.73. The summed E-state index contributed by atoms with van der Waals surface area (Å²) in [5.41, 5.74) is 3.24. The number of hydrogen-bond acceptors (Lipinski definition) is 6. The largest absolute Gasteiger partial charge is 0.494 e. The summed E-state index contributed by atoms with van der Waals surface area (Å²) in [6.07, 6.45) is 0. The summed E-state index contributed by atoms with van der Waals surface area (Å²) in [7, 11) is 0. The fourth-order valence-corrected chi connectivity index (χ4v) is 4.03. The highest BCUT2D eigenvalue weighted by Crippen LogP contribution is 2.45. The van der Waals surface area contributed by atoms with Gasteiger partial charge in [-0.25, -0.2) is 9.79 Å². The number of esters is 1. The molecule has 5 nitrogen and oxygen atoms in total. The van der Waals surface area contributed by atoms with Crippen molar-refractivity contribution in [3.8, 4) is 5.75 Å². The SMILES string of the molecule is CCOC(=O)C1=C(C)N=C2SC=C(C)N2[C@@H]1c1ccccc1OCC. The number of aliphatic imine (C=N–C) groups is 1. The van der Waals surface area contributed by atoms with Crippen molar-refractivity contribution >= 4 is 22.9 Å². The van der Waals surface area contributed by atoms with Gasteiger partial charge in [-0.1, -0.05) is 30.0 Å². The highest BCUT2D eigenvalue weighted by Gasteiger charge is 2.40. The Labute approximate surface area is 152 Å². The maximum Gasteiger partial charge on any atom is 0.338 e. The molecule has 0 spiro atoms. The summed E-state index contributed by atoms with van der Waals surface area (Å²) in [4.78, 5) is 19.4. The molecular weight excluding hydrogens is 336 g/mol. The lowest BCUT2D eigenvalue weighted by molar-refractivity contribution is -0.139. The zero-order chi connectivity index (χ0) is 18.0. The molecule has 1 aromatic rings. The van der Waals surface area contributed by atoms with Crippen LogP contribution in [0.4, 0.5) is 0 Å². The number of para-hydroxylation sites is 1. The smallest absolute Gasteiger partial charge is 0.338 e. The van der Waals surface area contributed by atoms with Crippen LogP contribution < -0.4 is 4.74 Å². The number of thioether (sulfide) groups is 1. The number of ether oxygens (including phenoxy) is 2. The number of allylic oxidation sites excluding steroid dienone is 2. The Bertz CT molecular complexity index is 783. The molecule has 3 rings (SSSR count). The molecule has 2 aliphatic heterocycles. The molecule has 0 amide bonds. The van der Waals surface area contributed by atoms with Crippen LogP contribution in [0.2, 0.25) is 0 Å². The second kappa shape index (κ2) is 7.35. The number of carbonyl (C=O) groups is 1. The lowest BCUT2D eigenvalue weighted by Gasteiger charge is -2.36. The first-order valence-electron chi connectivity index (χ1n) is 8.39. The Balaban J connectivity index is 2.17. The molecule has 25 heavy (non-hydrogen) atoms. The number of nitrogens with zero attached hydrogens (tertiary/aromatic N) is 2. The maximum atomic E-state index is 12.7. The average Bonchev–Trinajstić information content (AvgIpc) is 2.95. The summed E-state index contributed by atoms with van der Waals surface area (Å²) in [5.74, 6) is 0.444. The van der Waals surface area contributed by atoms with Crippen molar-refractivity contribution in [1.29, 1.82) is 0 Å². The van der Waals surface area contributed by atoms with Gasteiger partial charge in [-0.3, -0.25) is 0 Å². The minimum absolute atomic E-state index is 0.305. The Morgan fingerprint density at radius 3 is 2.72 bits per heavy atom. The Morgan fingerprint density at radius 1 is 1.24 bits per heavy atom. The molecule has 2 heterocycles. The zero-order valence-corrected chi connectivity index (χ0v) is 15.7. The van der Waals surface area contributed by atoms with Gasteiger partial charge in [0.2, 0.25) is 0 Å². The van der Waals surface area contributed by atoms with Gasteiger partial charge in [0.1, 0.15) is 5.75 Å². The molecule has 0 bridgehead atoms. The predicted octanol–water partition coefficient (Wildman–Crippen LogP) is 4.24. The van der Waals surface area contributed by atoms with Crippen LogP contribution in [0.3, 0.4) is 0 Å². The minimum atomic E-state index is -0.330. The summed E-state index contributed by atoms with van der Waals surface area (Å²) in [6.45, 7) is 8.54. The van der Waals surface area contributed by atoms with Gasteiger partial charge < -0.3 is 14.4 Å². The molecule has 1 atom stereocenters. The zero-order valence-electron chi connectivity index (χ0n) is 14.9. The summed E-state index contributed by atoms with van der Waals surface area (Å²) in [6, 6.07) is 7.53. The molecule has 0 aliphatic carbocycles. The number of hydrogen-bond donors (Lipinski definition) is 0. The number of fused-ring (bicyclic) bond motifs is 1. The van der Waals surface area contributed by atoms with Crippen molar-refractivity contribution in [1.82, 2.24) is 4.90 Å².